The van der Waals surface area contributed by atoms with Crippen LogP contribution in [0.3, 0.4) is 0 Å². The summed E-state index contributed by atoms with van der Waals surface area (Å²) < 4.78 is 15.9. The highest BCUT2D eigenvalue weighted by Crippen LogP contribution is 1.98. The monoisotopic (exact) mass is 276 g/mol. The molecule has 1 atom stereocenters. The van der Waals surface area contributed by atoms with Crippen molar-refractivity contribution in [2.45, 2.75) is 26.8 Å². The highest BCUT2D eigenvalue weighted by molar-refractivity contribution is 4.69. The van der Waals surface area contributed by atoms with Crippen LogP contribution in [0.5, 0.6) is 0 Å². The first-order chi connectivity index (χ1) is 9.26. The third-order valence-electron chi connectivity index (χ3n) is 3.00. The van der Waals surface area contributed by atoms with Gasteiger partial charge in [0.15, 0.2) is 0 Å². The van der Waals surface area contributed by atoms with Gasteiger partial charge in [-0.05, 0) is 20.8 Å². The molecule has 0 amide bonds. The van der Waals surface area contributed by atoms with E-state index in [4.69, 9.17) is 14.2 Å². The average Bonchev–Trinajstić information content (AvgIpc) is 2.42. The van der Waals surface area contributed by atoms with E-state index >= 15 is 0 Å². The first-order valence-corrected chi connectivity index (χ1v) is 7.35. The zero-order valence-electron chi connectivity index (χ0n) is 13.1. The standard InChI is InChI=1S/C14H32N2O3/c1-5-18-11-8-16(9-12-19-6-2)14(3)13-15-7-10-17-4/h14-15H,5-13H2,1-4H3. The van der Waals surface area contributed by atoms with E-state index in [2.05, 4.69) is 17.1 Å². The summed E-state index contributed by atoms with van der Waals surface area (Å²) in [6, 6.07) is 0.470. The largest absolute Gasteiger partial charge is 0.383 e. The molecule has 0 heterocycles. The molecule has 5 nitrogen and oxygen atoms in total. The van der Waals surface area contributed by atoms with E-state index in [9.17, 15) is 0 Å². The van der Waals surface area contributed by atoms with E-state index < -0.39 is 0 Å². The van der Waals surface area contributed by atoms with Gasteiger partial charge < -0.3 is 19.5 Å². The lowest BCUT2D eigenvalue weighted by atomic mass is 10.2. The molecule has 0 aliphatic heterocycles. The van der Waals surface area contributed by atoms with Gasteiger partial charge in [-0.15, -0.1) is 0 Å². The molecule has 0 aromatic carbocycles. The maximum Gasteiger partial charge on any atom is 0.0593 e. The van der Waals surface area contributed by atoms with Gasteiger partial charge in [-0.2, -0.15) is 0 Å². The Morgan fingerprint density at radius 2 is 1.58 bits per heavy atom. The summed E-state index contributed by atoms with van der Waals surface area (Å²) in [6.07, 6.45) is 0. The summed E-state index contributed by atoms with van der Waals surface area (Å²) in [5.74, 6) is 0. The van der Waals surface area contributed by atoms with Crippen molar-refractivity contribution in [1.29, 1.82) is 0 Å². The van der Waals surface area contributed by atoms with Crippen LogP contribution in [0, 0.1) is 0 Å². The number of rotatable bonds is 14. The SMILES string of the molecule is CCOCCN(CCOCC)C(C)CNCCOC. The number of ether oxygens (including phenoxy) is 3. The fourth-order valence-electron chi connectivity index (χ4n) is 1.82. The minimum atomic E-state index is 0.470. The molecular formula is C14H32N2O3. The Balaban J connectivity index is 3.90. The number of nitrogens with zero attached hydrogens (tertiary/aromatic N) is 1. The van der Waals surface area contributed by atoms with Crippen molar-refractivity contribution >= 4 is 0 Å². The zero-order chi connectivity index (χ0) is 14.3. The molecule has 0 fully saturated rings. The van der Waals surface area contributed by atoms with Gasteiger partial charge in [0.05, 0.1) is 19.8 Å². The Kier molecular flexibility index (Phi) is 14.1. The molecule has 19 heavy (non-hydrogen) atoms. The van der Waals surface area contributed by atoms with Crippen molar-refractivity contribution in [1.82, 2.24) is 10.2 Å². The minimum Gasteiger partial charge on any atom is -0.383 e. The second-order valence-electron chi connectivity index (χ2n) is 4.48. The molecule has 0 bridgehead atoms. The lowest BCUT2D eigenvalue weighted by molar-refractivity contribution is 0.0657. The molecule has 116 valence electrons. The molecule has 0 saturated carbocycles. The molecule has 0 spiro atoms. The van der Waals surface area contributed by atoms with Crippen LogP contribution < -0.4 is 5.32 Å². The molecule has 5 heteroatoms. The van der Waals surface area contributed by atoms with Crippen molar-refractivity contribution in [3.8, 4) is 0 Å². The Morgan fingerprint density at radius 3 is 2.05 bits per heavy atom. The molecule has 0 aromatic heterocycles. The van der Waals surface area contributed by atoms with Gasteiger partial charge in [-0.25, -0.2) is 0 Å². The molecule has 0 rings (SSSR count). The molecule has 1 unspecified atom stereocenters. The summed E-state index contributed by atoms with van der Waals surface area (Å²) in [6.45, 7) is 13.9. The first-order valence-electron chi connectivity index (χ1n) is 7.35. The van der Waals surface area contributed by atoms with Crippen LogP contribution in [-0.2, 0) is 14.2 Å². The van der Waals surface area contributed by atoms with Gasteiger partial charge >= 0.3 is 0 Å². The van der Waals surface area contributed by atoms with Crippen molar-refractivity contribution in [2.24, 2.45) is 0 Å². The van der Waals surface area contributed by atoms with Gasteiger partial charge in [0, 0.05) is 52.5 Å². The molecule has 0 aliphatic carbocycles. The average molecular weight is 276 g/mol. The Morgan fingerprint density at radius 1 is 1.00 bits per heavy atom. The third-order valence-corrected chi connectivity index (χ3v) is 3.00. The fraction of sp³-hybridized carbons (Fsp3) is 1.00. The van der Waals surface area contributed by atoms with E-state index in [0.717, 1.165) is 59.2 Å². The predicted molar refractivity (Wildman–Crippen MR) is 78.8 cm³/mol. The van der Waals surface area contributed by atoms with Crippen molar-refractivity contribution < 1.29 is 14.2 Å². The van der Waals surface area contributed by atoms with Crippen LogP contribution in [0.4, 0.5) is 0 Å². The van der Waals surface area contributed by atoms with Crippen molar-refractivity contribution in [3.05, 3.63) is 0 Å². The van der Waals surface area contributed by atoms with E-state index in [1.165, 1.54) is 0 Å². The Bertz CT molecular complexity index is 172. The molecule has 0 radical (unpaired) electrons. The van der Waals surface area contributed by atoms with Gasteiger partial charge in [0.1, 0.15) is 0 Å². The summed E-state index contributed by atoms with van der Waals surface area (Å²) in [4.78, 5) is 2.41. The van der Waals surface area contributed by atoms with Crippen LogP contribution in [0.25, 0.3) is 0 Å². The van der Waals surface area contributed by atoms with E-state index in [1.54, 1.807) is 7.11 Å². The Hall–Kier alpha value is -0.200. The van der Waals surface area contributed by atoms with Crippen LogP contribution in [0.15, 0.2) is 0 Å². The quantitative estimate of drug-likeness (QED) is 0.479. The summed E-state index contributed by atoms with van der Waals surface area (Å²) in [7, 11) is 1.72. The van der Waals surface area contributed by atoms with E-state index in [-0.39, 0.29) is 0 Å². The summed E-state index contributed by atoms with van der Waals surface area (Å²) in [5, 5.41) is 3.40. The van der Waals surface area contributed by atoms with Gasteiger partial charge in [0.2, 0.25) is 0 Å². The van der Waals surface area contributed by atoms with E-state index in [0.29, 0.717) is 6.04 Å². The lowest BCUT2D eigenvalue weighted by Crippen LogP contribution is -2.44. The maximum atomic E-state index is 5.44. The number of hydrogen-bond acceptors (Lipinski definition) is 5. The maximum absolute atomic E-state index is 5.44. The fourth-order valence-corrected chi connectivity index (χ4v) is 1.82. The molecular weight excluding hydrogens is 244 g/mol. The van der Waals surface area contributed by atoms with Gasteiger partial charge in [-0.3, -0.25) is 4.90 Å². The Labute approximate surface area is 118 Å². The molecule has 0 saturated heterocycles. The molecule has 0 aromatic rings. The first kappa shape index (κ1) is 18.8. The van der Waals surface area contributed by atoms with Crippen LogP contribution >= 0.6 is 0 Å². The third kappa shape index (κ3) is 11.3. The summed E-state index contributed by atoms with van der Waals surface area (Å²) >= 11 is 0. The highest BCUT2D eigenvalue weighted by Gasteiger charge is 2.12. The number of hydrogen-bond donors (Lipinski definition) is 1. The van der Waals surface area contributed by atoms with Gasteiger partial charge in [0.25, 0.3) is 0 Å². The molecule has 1 N–H and O–H groups in total. The smallest absolute Gasteiger partial charge is 0.0593 e. The van der Waals surface area contributed by atoms with Crippen LogP contribution in [-0.4, -0.2) is 77.3 Å². The second kappa shape index (κ2) is 14.2. The van der Waals surface area contributed by atoms with Crippen molar-refractivity contribution in [3.63, 3.8) is 0 Å². The van der Waals surface area contributed by atoms with Crippen LogP contribution in [0.1, 0.15) is 20.8 Å². The van der Waals surface area contributed by atoms with Crippen molar-refractivity contribution in [2.75, 3.05) is 66.3 Å². The normalized spacial score (nSPS) is 13.1. The minimum absolute atomic E-state index is 0.470. The second-order valence-corrected chi connectivity index (χ2v) is 4.48. The number of methoxy groups -OCH3 is 1. The van der Waals surface area contributed by atoms with E-state index in [1.807, 2.05) is 13.8 Å². The number of nitrogens with one attached hydrogen (secondary N) is 1. The topological polar surface area (TPSA) is 43.0 Å². The predicted octanol–water partition coefficient (Wildman–Crippen LogP) is 0.986. The summed E-state index contributed by atoms with van der Waals surface area (Å²) in [5.41, 5.74) is 0. The molecule has 0 aliphatic rings. The lowest BCUT2D eigenvalue weighted by Gasteiger charge is -2.29. The zero-order valence-corrected chi connectivity index (χ0v) is 13.1. The highest BCUT2D eigenvalue weighted by atomic mass is 16.5. The van der Waals surface area contributed by atoms with Crippen LogP contribution in [0.2, 0.25) is 0 Å². The van der Waals surface area contributed by atoms with Gasteiger partial charge in [-0.1, -0.05) is 0 Å².